The number of nitrogens with one attached hydrogen (secondary N) is 2. The lowest BCUT2D eigenvalue weighted by Gasteiger charge is -2.14. The van der Waals surface area contributed by atoms with Gasteiger partial charge in [0.05, 0.1) is 18.9 Å². The van der Waals surface area contributed by atoms with Gasteiger partial charge in [-0.25, -0.2) is 0 Å². The zero-order chi connectivity index (χ0) is 21.5. The van der Waals surface area contributed by atoms with Gasteiger partial charge in [0.2, 0.25) is 5.91 Å². The molecule has 2 N–H and O–H groups in total. The molecule has 0 bridgehead atoms. The number of methoxy groups -OCH3 is 1. The van der Waals surface area contributed by atoms with Gasteiger partial charge in [0, 0.05) is 18.3 Å². The fourth-order valence-corrected chi connectivity index (χ4v) is 3.48. The Morgan fingerprint density at radius 2 is 1.80 bits per heavy atom. The number of anilines is 1. The number of aromatic nitrogens is 3. The van der Waals surface area contributed by atoms with Crippen LogP contribution < -0.4 is 15.4 Å². The topological polar surface area (TPSA) is 98.1 Å². The molecule has 3 rings (SSSR count). The highest BCUT2D eigenvalue weighted by atomic mass is 32.2. The van der Waals surface area contributed by atoms with E-state index < -0.39 is 0 Å². The molecule has 2 amide bonds. The fraction of sp³-hybridized carbons (Fsp3) is 0.238. The lowest BCUT2D eigenvalue weighted by atomic mass is 10.2. The van der Waals surface area contributed by atoms with E-state index in [1.54, 1.807) is 35.9 Å². The molecule has 9 heteroatoms. The second-order valence-electron chi connectivity index (χ2n) is 6.53. The molecule has 1 aromatic heterocycles. The molecule has 0 radical (unpaired) electrons. The number of hydrogen-bond donors (Lipinski definition) is 2. The highest BCUT2D eigenvalue weighted by Gasteiger charge is 2.19. The van der Waals surface area contributed by atoms with Gasteiger partial charge in [-0.2, -0.15) is 0 Å². The third-order valence-corrected chi connectivity index (χ3v) is 5.37. The van der Waals surface area contributed by atoms with E-state index in [1.165, 1.54) is 11.8 Å². The van der Waals surface area contributed by atoms with Crippen LogP contribution in [0.5, 0.6) is 5.75 Å². The quantitative estimate of drug-likeness (QED) is 0.539. The number of benzene rings is 2. The van der Waals surface area contributed by atoms with Crippen molar-refractivity contribution in [1.29, 1.82) is 0 Å². The van der Waals surface area contributed by atoms with Crippen molar-refractivity contribution in [2.24, 2.45) is 7.05 Å². The number of carbonyl (C=O) groups is 2. The molecule has 0 spiro atoms. The first kappa shape index (κ1) is 21.4. The maximum Gasteiger partial charge on any atom is 0.251 e. The second-order valence-corrected chi connectivity index (χ2v) is 7.47. The van der Waals surface area contributed by atoms with Crippen molar-refractivity contribution in [3.63, 3.8) is 0 Å². The van der Waals surface area contributed by atoms with E-state index in [9.17, 15) is 9.59 Å². The molecule has 30 heavy (non-hydrogen) atoms. The Morgan fingerprint density at radius 1 is 1.10 bits per heavy atom. The van der Waals surface area contributed by atoms with Crippen LogP contribution in [0.25, 0.3) is 0 Å². The Bertz CT molecular complexity index is 1010. The SMILES string of the molecule is COc1ccc(C(=O)N[C@H](C)c2nnc(SCC(=O)Nc3ccccc3)n2C)cc1. The van der Waals surface area contributed by atoms with Crippen LogP contribution in [-0.4, -0.2) is 39.4 Å². The molecule has 3 aromatic rings. The van der Waals surface area contributed by atoms with Crippen molar-refractivity contribution in [3.8, 4) is 5.75 Å². The van der Waals surface area contributed by atoms with Crippen LogP contribution in [-0.2, 0) is 11.8 Å². The van der Waals surface area contributed by atoms with Crippen LogP contribution in [0.15, 0.2) is 59.8 Å². The van der Waals surface area contributed by atoms with Gasteiger partial charge in [0.25, 0.3) is 5.91 Å². The van der Waals surface area contributed by atoms with Crippen molar-refractivity contribution in [1.82, 2.24) is 20.1 Å². The summed E-state index contributed by atoms with van der Waals surface area (Å²) in [5, 5.41) is 14.7. The maximum atomic E-state index is 12.5. The molecule has 0 aliphatic heterocycles. The monoisotopic (exact) mass is 425 g/mol. The van der Waals surface area contributed by atoms with Gasteiger partial charge in [-0.05, 0) is 43.3 Å². The molecule has 0 saturated carbocycles. The Hall–Kier alpha value is -3.33. The van der Waals surface area contributed by atoms with E-state index >= 15 is 0 Å². The highest BCUT2D eigenvalue weighted by Crippen LogP contribution is 2.20. The van der Waals surface area contributed by atoms with Gasteiger partial charge < -0.3 is 19.9 Å². The van der Waals surface area contributed by atoms with Crippen LogP contribution in [0, 0.1) is 0 Å². The van der Waals surface area contributed by atoms with Crippen molar-refractivity contribution < 1.29 is 14.3 Å². The normalized spacial score (nSPS) is 11.6. The third kappa shape index (κ3) is 5.38. The summed E-state index contributed by atoms with van der Waals surface area (Å²) in [6.07, 6.45) is 0. The zero-order valence-electron chi connectivity index (χ0n) is 17.0. The number of rotatable bonds is 8. The van der Waals surface area contributed by atoms with Gasteiger partial charge in [-0.1, -0.05) is 30.0 Å². The minimum Gasteiger partial charge on any atom is -0.497 e. The molecular weight excluding hydrogens is 402 g/mol. The third-order valence-electron chi connectivity index (χ3n) is 4.35. The number of thioether (sulfide) groups is 1. The summed E-state index contributed by atoms with van der Waals surface area (Å²) in [7, 11) is 3.38. The van der Waals surface area contributed by atoms with Crippen LogP contribution in [0.3, 0.4) is 0 Å². The van der Waals surface area contributed by atoms with E-state index in [0.717, 1.165) is 5.69 Å². The Kier molecular flexibility index (Phi) is 7.08. The Morgan fingerprint density at radius 3 is 2.47 bits per heavy atom. The molecule has 2 aromatic carbocycles. The van der Waals surface area contributed by atoms with Gasteiger partial charge in [-0.3, -0.25) is 9.59 Å². The smallest absolute Gasteiger partial charge is 0.251 e. The minimum absolute atomic E-state index is 0.128. The molecule has 0 unspecified atom stereocenters. The molecule has 156 valence electrons. The van der Waals surface area contributed by atoms with Gasteiger partial charge >= 0.3 is 0 Å². The zero-order valence-corrected chi connectivity index (χ0v) is 17.8. The van der Waals surface area contributed by atoms with E-state index in [1.807, 2.05) is 44.3 Å². The molecule has 1 atom stereocenters. The average Bonchev–Trinajstić information content (AvgIpc) is 3.13. The summed E-state index contributed by atoms with van der Waals surface area (Å²) < 4.78 is 6.88. The lowest BCUT2D eigenvalue weighted by Crippen LogP contribution is -2.28. The predicted molar refractivity (Wildman–Crippen MR) is 116 cm³/mol. The minimum atomic E-state index is -0.357. The summed E-state index contributed by atoms with van der Waals surface area (Å²) in [4.78, 5) is 24.6. The molecule has 0 fully saturated rings. The number of carbonyl (C=O) groups excluding carboxylic acids is 2. The van der Waals surface area contributed by atoms with Crippen LogP contribution >= 0.6 is 11.8 Å². The highest BCUT2D eigenvalue weighted by molar-refractivity contribution is 7.99. The number of amides is 2. The average molecular weight is 426 g/mol. The van der Waals surface area contributed by atoms with Crippen molar-refractivity contribution in [2.75, 3.05) is 18.2 Å². The van der Waals surface area contributed by atoms with E-state index in [-0.39, 0.29) is 23.6 Å². The molecule has 0 saturated heterocycles. The second kappa shape index (κ2) is 9.93. The first-order valence-corrected chi connectivity index (χ1v) is 10.3. The summed E-state index contributed by atoms with van der Waals surface area (Å²) in [5.74, 6) is 1.14. The summed E-state index contributed by atoms with van der Waals surface area (Å²) >= 11 is 1.28. The fourth-order valence-electron chi connectivity index (χ4n) is 2.76. The van der Waals surface area contributed by atoms with Crippen LogP contribution in [0.2, 0.25) is 0 Å². The lowest BCUT2D eigenvalue weighted by molar-refractivity contribution is -0.113. The standard InChI is InChI=1S/C21H23N5O3S/c1-14(22-20(28)15-9-11-17(29-3)12-10-15)19-24-25-21(26(19)2)30-13-18(27)23-16-7-5-4-6-8-16/h4-12,14H,13H2,1-3H3,(H,22,28)(H,23,27)/t14-/m1/s1. The number of para-hydroxylation sites is 1. The summed E-state index contributed by atoms with van der Waals surface area (Å²) in [6.45, 7) is 1.84. The largest absolute Gasteiger partial charge is 0.497 e. The van der Waals surface area contributed by atoms with Crippen LogP contribution in [0.4, 0.5) is 5.69 Å². The van der Waals surface area contributed by atoms with Gasteiger partial charge in [0.1, 0.15) is 5.75 Å². The number of hydrogen-bond acceptors (Lipinski definition) is 6. The van der Waals surface area contributed by atoms with E-state index in [2.05, 4.69) is 20.8 Å². The predicted octanol–water partition coefficient (Wildman–Crippen LogP) is 3.05. The Balaban J connectivity index is 1.56. The molecule has 1 heterocycles. The van der Waals surface area contributed by atoms with Crippen molar-refractivity contribution in [2.45, 2.75) is 18.1 Å². The summed E-state index contributed by atoms with van der Waals surface area (Å²) in [5.41, 5.74) is 1.27. The molecule has 0 aliphatic carbocycles. The first-order chi connectivity index (χ1) is 14.5. The first-order valence-electron chi connectivity index (χ1n) is 9.30. The molecule has 0 aliphatic rings. The van der Waals surface area contributed by atoms with Crippen LogP contribution in [0.1, 0.15) is 29.1 Å². The maximum absolute atomic E-state index is 12.5. The van der Waals surface area contributed by atoms with Crippen molar-refractivity contribution >= 4 is 29.3 Å². The van der Waals surface area contributed by atoms with Gasteiger partial charge in [0.15, 0.2) is 11.0 Å². The van der Waals surface area contributed by atoms with Gasteiger partial charge in [-0.15, -0.1) is 10.2 Å². The van der Waals surface area contributed by atoms with Crippen molar-refractivity contribution in [3.05, 3.63) is 66.0 Å². The van der Waals surface area contributed by atoms with E-state index in [4.69, 9.17) is 4.74 Å². The molecular formula is C21H23N5O3S. The summed E-state index contributed by atoms with van der Waals surface area (Å²) in [6, 6.07) is 15.8. The Labute approximate surface area is 179 Å². The number of nitrogens with zero attached hydrogens (tertiary/aromatic N) is 3. The van der Waals surface area contributed by atoms with E-state index in [0.29, 0.717) is 22.3 Å². The number of ether oxygens (including phenoxy) is 1. The molecule has 8 nitrogen and oxygen atoms in total.